The molecule has 0 fully saturated rings. The molecule has 2 aromatic rings. The first kappa shape index (κ1) is 10.3. The number of benzene rings is 1. The summed E-state index contributed by atoms with van der Waals surface area (Å²) >= 11 is 1.72. The highest BCUT2D eigenvalue weighted by Crippen LogP contribution is 2.26. The van der Waals surface area contributed by atoms with Crippen molar-refractivity contribution in [2.24, 2.45) is 5.73 Å². The molecule has 0 aliphatic carbocycles. The third-order valence-corrected chi connectivity index (χ3v) is 3.38. The lowest BCUT2D eigenvalue weighted by Crippen LogP contribution is -1.96. The minimum Gasteiger partial charge on any atom is -0.326 e. The topological polar surface area (TPSA) is 38.9 Å². The van der Waals surface area contributed by atoms with E-state index in [1.54, 1.807) is 11.3 Å². The smallest absolute Gasteiger partial charge is 0.0843 e. The van der Waals surface area contributed by atoms with Crippen LogP contribution in [0, 0.1) is 0 Å². The van der Waals surface area contributed by atoms with Gasteiger partial charge in [0.05, 0.1) is 11.2 Å². The van der Waals surface area contributed by atoms with Crippen LogP contribution in [0.25, 0.3) is 11.3 Å². The number of nitrogens with zero attached hydrogens (tertiary/aromatic N) is 1. The van der Waals surface area contributed by atoms with Crippen molar-refractivity contribution in [1.29, 1.82) is 0 Å². The molecule has 2 rings (SSSR count). The van der Waals surface area contributed by atoms with E-state index >= 15 is 0 Å². The average molecular weight is 218 g/mol. The van der Waals surface area contributed by atoms with Gasteiger partial charge in [-0.1, -0.05) is 25.1 Å². The van der Waals surface area contributed by atoms with Crippen molar-refractivity contribution < 1.29 is 0 Å². The van der Waals surface area contributed by atoms with Crippen LogP contribution >= 0.6 is 11.3 Å². The summed E-state index contributed by atoms with van der Waals surface area (Å²) in [6.45, 7) is 2.74. The van der Waals surface area contributed by atoms with Crippen LogP contribution in [-0.4, -0.2) is 4.98 Å². The van der Waals surface area contributed by atoms with Crippen LogP contribution in [0.3, 0.4) is 0 Å². The van der Waals surface area contributed by atoms with Gasteiger partial charge in [-0.25, -0.2) is 4.98 Å². The number of rotatable bonds is 3. The van der Waals surface area contributed by atoms with Crippen LogP contribution in [-0.2, 0) is 13.0 Å². The lowest BCUT2D eigenvalue weighted by Gasteiger charge is -2.02. The van der Waals surface area contributed by atoms with Gasteiger partial charge < -0.3 is 5.73 Å². The quantitative estimate of drug-likeness (QED) is 0.860. The molecule has 0 amide bonds. The summed E-state index contributed by atoms with van der Waals surface area (Å²) in [6.07, 6.45) is 1.03. The highest BCUT2D eigenvalue weighted by Gasteiger charge is 2.06. The Morgan fingerprint density at radius 2 is 2.27 bits per heavy atom. The molecule has 2 nitrogen and oxygen atoms in total. The van der Waals surface area contributed by atoms with Crippen LogP contribution in [0.1, 0.15) is 17.4 Å². The third kappa shape index (κ3) is 2.08. The van der Waals surface area contributed by atoms with Crippen molar-refractivity contribution in [2.45, 2.75) is 19.9 Å². The molecular weight excluding hydrogens is 204 g/mol. The molecule has 2 N–H and O–H groups in total. The summed E-state index contributed by atoms with van der Waals surface area (Å²) in [6, 6.07) is 8.29. The van der Waals surface area contributed by atoms with Gasteiger partial charge in [0.15, 0.2) is 0 Å². The third-order valence-electron chi connectivity index (χ3n) is 2.40. The molecule has 0 unspecified atom stereocenters. The lowest BCUT2D eigenvalue weighted by atomic mass is 10.1. The molecule has 0 aliphatic heterocycles. The second-order valence-electron chi connectivity index (χ2n) is 3.38. The minimum atomic E-state index is 0.583. The Morgan fingerprint density at radius 1 is 1.40 bits per heavy atom. The highest BCUT2D eigenvalue weighted by atomic mass is 32.1. The van der Waals surface area contributed by atoms with E-state index in [1.165, 1.54) is 10.4 Å². The summed E-state index contributed by atoms with van der Waals surface area (Å²) in [5.74, 6) is 0. The Balaban J connectivity index is 2.44. The number of nitrogens with two attached hydrogens (primary N) is 1. The van der Waals surface area contributed by atoms with E-state index < -0.39 is 0 Å². The van der Waals surface area contributed by atoms with Gasteiger partial charge in [0, 0.05) is 17.0 Å². The Bertz CT molecular complexity index is 448. The van der Waals surface area contributed by atoms with Gasteiger partial charge >= 0.3 is 0 Å². The molecule has 0 atom stereocenters. The first-order valence-corrected chi connectivity index (χ1v) is 5.95. The van der Waals surface area contributed by atoms with E-state index in [1.807, 2.05) is 17.6 Å². The van der Waals surface area contributed by atoms with E-state index in [-0.39, 0.29) is 0 Å². The van der Waals surface area contributed by atoms with E-state index in [0.29, 0.717) is 6.54 Å². The fraction of sp³-hybridized carbons (Fsp3) is 0.250. The Kier molecular flexibility index (Phi) is 3.14. The molecule has 1 aromatic heterocycles. The van der Waals surface area contributed by atoms with E-state index in [4.69, 9.17) is 5.73 Å². The molecule has 3 heteroatoms. The van der Waals surface area contributed by atoms with Crippen molar-refractivity contribution in [2.75, 3.05) is 0 Å². The molecule has 0 radical (unpaired) electrons. The molecule has 0 saturated heterocycles. The molecular formula is C12H14N2S. The summed E-state index contributed by atoms with van der Waals surface area (Å²) in [7, 11) is 0. The number of thiazole rings is 1. The second-order valence-corrected chi connectivity index (χ2v) is 4.32. The number of hydrogen-bond donors (Lipinski definition) is 1. The number of hydrogen-bond acceptors (Lipinski definition) is 3. The summed E-state index contributed by atoms with van der Waals surface area (Å²) in [5.41, 5.74) is 11.0. The Hall–Kier alpha value is -1.19. The predicted molar refractivity (Wildman–Crippen MR) is 64.8 cm³/mol. The van der Waals surface area contributed by atoms with Gasteiger partial charge in [-0.15, -0.1) is 11.3 Å². The zero-order chi connectivity index (χ0) is 10.7. The molecule has 1 aromatic carbocycles. The fourth-order valence-electron chi connectivity index (χ4n) is 1.60. The van der Waals surface area contributed by atoms with Crippen molar-refractivity contribution in [3.8, 4) is 11.3 Å². The molecule has 0 saturated carbocycles. The highest BCUT2D eigenvalue weighted by molar-refractivity contribution is 7.10. The second kappa shape index (κ2) is 4.55. The van der Waals surface area contributed by atoms with E-state index in [2.05, 4.69) is 24.0 Å². The zero-order valence-corrected chi connectivity index (χ0v) is 9.55. The maximum atomic E-state index is 5.62. The molecule has 0 aliphatic rings. The maximum absolute atomic E-state index is 5.62. The average Bonchev–Trinajstić information content (AvgIpc) is 2.77. The van der Waals surface area contributed by atoms with Gasteiger partial charge in [0.25, 0.3) is 0 Å². The van der Waals surface area contributed by atoms with Crippen LogP contribution < -0.4 is 5.73 Å². The van der Waals surface area contributed by atoms with Gasteiger partial charge in [-0.2, -0.15) is 0 Å². The fourth-order valence-corrected chi connectivity index (χ4v) is 2.34. The SMILES string of the molecule is CCc1scnc1-c1cccc(CN)c1. The first-order chi connectivity index (χ1) is 7.35. The van der Waals surface area contributed by atoms with Crippen LogP contribution in [0.15, 0.2) is 29.8 Å². The lowest BCUT2D eigenvalue weighted by molar-refractivity contribution is 1.07. The summed E-state index contributed by atoms with van der Waals surface area (Å²) < 4.78 is 0. The number of aromatic nitrogens is 1. The monoisotopic (exact) mass is 218 g/mol. The molecule has 78 valence electrons. The maximum Gasteiger partial charge on any atom is 0.0843 e. The molecule has 1 heterocycles. The Morgan fingerprint density at radius 3 is 3.00 bits per heavy atom. The van der Waals surface area contributed by atoms with E-state index in [0.717, 1.165) is 17.7 Å². The first-order valence-electron chi connectivity index (χ1n) is 5.07. The molecule has 0 spiro atoms. The van der Waals surface area contributed by atoms with Crippen molar-refractivity contribution in [3.63, 3.8) is 0 Å². The van der Waals surface area contributed by atoms with Crippen LogP contribution in [0.2, 0.25) is 0 Å². The summed E-state index contributed by atoms with van der Waals surface area (Å²) in [5, 5.41) is 0. The number of aryl methyl sites for hydroxylation is 1. The summed E-state index contributed by atoms with van der Waals surface area (Å²) in [4.78, 5) is 5.75. The minimum absolute atomic E-state index is 0.583. The van der Waals surface area contributed by atoms with Crippen LogP contribution in [0.5, 0.6) is 0 Å². The molecule has 15 heavy (non-hydrogen) atoms. The van der Waals surface area contributed by atoms with E-state index in [9.17, 15) is 0 Å². The van der Waals surface area contributed by atoms with Crippen LogP contribution in [0.4, 0.5) is 0 Å². The zero-order valence-electron chi connectivity index (χ0n) is 8.73. The van der Waals surface area contributed by atoms with Gasteiger partial charge in [-0.05, 0) is 18.1 Å². The largest absolute Gasteiger partial charge is 0.326 e. The standard InChI is InChI=1S/C12H14N2S/c1-2-11-12(14-8-15-11)10-5-3-4-9(6-10)7-13/h3-6,8H,2,7,13H2,1H3. The van der Waals surface area contributed by atoms with Crippen molar-refractivity contribution in [1.82, 2.24) is 4.98 Å². The van der Waals surface area contributed by atoms with Crippen molar-refractivity contribution in [3.05, 3.63) is 40.2 Å². The predicted octanol–water partition coefficient (Wildman–Crippen LogP) is 2.83. The van der Waals surface area contributed by atoms with Gasteiger partial charge in [0.1, 0.15) is 0 Å². The Labute approximate surface area is 93.8 Å². The van der Waals surface area contributed by atoms with Gasteiger partial charge in [-0.3, -0.25) is 0 Å². The molecule has 0 bridgehead atoms. The normalized spacial score (nSPS) is 10.5. The van der Waals surface area contributed by atoms with Crippen molar-refractivity contribution >= 4 is 11.3 Å². The van der Waals surface area contributed by atoms with Gasteiger partial charge in [0.2, 0.25) is 0 Å².